The van der Waals surface area contributed by atoms with Gasteiger partial charge in [0.2, 0.25) is 0 Å². The van der Waals surface area contributed by atoms with E-state index in [2.05, 4.69) is 17.9 Å². The van der Waals surface area contributed by atoms with Crippen LogP contribution < -0.4 is 0 Å². The average Bonchev–Trinajstić information content (AvgIpc) is 2.71. The fourth-order valence-electron chi connectivity index (χ4n) is 1.20. The van der Waals surface area contributed by atoms with Gasteiger partial charge in [0.15, 0.2) is 5.82 Å². The molecule has 0 saturated carbocycles. The molecule has 5 nitrogen and oxygen atoms in total. The molecule has 0 spiro atoms. The molecule has 2 aromatic rings. The molecular formula is C8H7N3O2S. The van der Waals surface area contributed by atoms with Gasteiger partial charge in [0.25, 0.3) is 0 Å². The third-order valence-electron chi connectivity index (χ3n) is 1.81. The molecule has 2 aromatic heterocycles. The van der Waals surface area contributed by atoms with Gasteiger partial charge >= 0.3 is 5.97 Å². The van der Waals surface area contributed by atoms with Crippen LogP contribution in [0.15, 0.2) is 30.7 Å². The Balaban J connectivity index is 2.62. The summed E-state index contributed by atoms with van der Waals surface area (Å²) in [6.07, 6.45) is 4.73. The molecule has 0 aliphatic carbocycles. The van der Waals surface area contributed by atoms with Crippen molar-refractivity contribution in [1.82, 2.24) is 13.8 Å². The molecule has 0 aliphatic heterocycles. The van der Waals surface area contributed by atoms with E-state index in [9.17, 15) is 4.79 Å². The van der Waals surface area contributed by atoms with Gasteiger partial charge in [-0.05, 0) is 24.9 Å². The van der Waals surface area contributed by atoms with Crippen molar-refractivity contribution in [3.05, 3.63) is 36.3 Å². The minimum atomic E-state index is -1.02. The molecule has 2 heterocycles. The summed E-state index contributed by atoms with van der Waals surface area (Å²) < 4.78 is 2.87. The van der Waals surface area contributed by atoms with E-state index in [1.54, 1.807) is 29.1 Å². The van der Waals surface area contributed by atoms with Crippen molar-refractivity contribution < 1.29 is 9.90 Å². The number of rotatable bonds is 2. The molecule has 6 heteroatoms. The largest absolute Gasteiger partial charge is 0.477 e. The lowest BCUT2D eigenvalue weighted by Gasteiger charge is -2.03. The summed E-state index contributed by atoms with van der Waals surface area (Å²) in [6.45, 7) is 0. The number of carboxylic acid groups (broad SMARTS) is 1. The molecule has 0 unspecified atom stereocenters. The second kappa shape index (κ2) is 3.22. The quantitative estimate of drug-likeness (QED) is 0.727. The first-order valence-corrected chi connectivity index (χ1v) is 4.24. The lowest BCUT2D eigenvalue weighted by atomic mass is 10.3. The Morgan fingerprint density at radius 2 is 2.07 bits per heavy atom. The summed E-state index contributed by atoms with van der Waals surface area (Å²) in [6, 6.07) is 3.60. The van der Waals surface area contributed by atoms with Gasteiger partial charge in [-0.2, -0.15) is 9.19 Å². The number of aromatic nitrogens is 3. The zero-order chi connectivity index (χ0) is 10.1. The molecule has 14 heavy (non-hydrogen) atoms. The van der Waals surface area contributed by atoms with E-state index in [0.717, 1.165) is 0 Å². The first-order chi connectivity index (χ1) is 6.70. The molecule has 0 fully saturated rings. The van der Waals surface area contributed by atoms with Crippen LogP contribution >= 0.6 is 12.8 Å². The van der Waals surface area contributed by atoms with Crippen molar-refractivity contribution in [1.29, 1.82) is 0 Å². The maximum absolute atomic E-state index is 10.8. The van der Waals surface area contributed by atoms with Gasteiger partial charge in [0.05, 0.1) is 6.20 Å². The SMILES string of the molecule is O=C(O)c1cnn(S)c1-n1cccc1. The Morgan fingerprint density at radius 3 is 2.64 bits per heavy atom. The van der Waals surface area contributed by atoms with Crippen molar-refractivity contribution in [2.75, 3.05) is 0 Å². The van der Waals surface area contributed by atoms with Crippen LogP contribution in [0, 0.1) is 0 Å². The lowest BCUT2D eigenvalue weighted by molar-refractivity contribution is 0.0697. The zero-order valence-electron chi connectivity index (χ0n) is 7.03. The summed E-state index contributed by atoms with van der Waals surface area (Å²) in [5, 5.41) is 12.7. The molecule has 0 saturated heterocycles. The maximum Gasteiger partial charge on any atom is 0.341 e. The third kappa shape index (κ3) is 1.29. The monoisotopic (exact) mass is 209 g/mol. The summed E-state index contributed by atoms with van der Waals surface area (Å²) in [7, 11) is 0. The van der Waals surface area contributed by atoms with E-state index in [4.69, 9.17) is 5.11 Å². The highest BCUT2D eigenvalue weighted by atomic mass is 32.1. The van der Waals surface area contributed by atoms with E-state index in [1.165, 1.54) is 10.3 Å². The number of nitrogens with zero attached hydrogens (tertiary/aromatic N) is 3. The standard InChI is InChI=1S/C8H7N3O2S/c12-8(13)6-5-9-11(14)7(6)10-3-1-2-4-10/h1-5,14H,(H,12,13). The van der Waals surface area contributed by atoms with Crippen LogP contribution in [0.1, 0.15) is 10.4 Å². The summed E-state index contributed by atoms with van der Waals surface area (Å²) in [4.78, 5) is 10.8. The minimum absolute atomic E-state index is 0.121. The van der Waals surface area contributed by atoms with Crippen molar-refractivity contribution in [2.45, 2.75) is 0 Å². The van der Waals surface area contributed by atoms with Crippen molar-refractivity contribution in [2.24, 2.45) is 0 Å². The molecular weight excluding hydrogens is 202 g/mol. The van der Waals surface area contributed by atoms with E-state index in [0.29, 0.717) is 5.82 Å². The van der Waals surface area contributed by atoms with Crippen molar-refractivity contribution in [3.8, 4) is 5.82 Å². The summed E-state index contributed by atoms with van der Waals surface area (Å²) in [5.74, 6) is -0.597. The van der Waals surface area contributed by atoms with Crippen LogP contribution in [0.2, 0.25) is 0 Å². The average molecular weight is 209 g/mol. The molecule has 0 aromatic carbocycles. The second-order valence-corrected chi connectivity index (χ2v) is 3.05. The minimum Gasteiger partial charge on any atom is -0.477 e. The first kappa shape index (κ1) is 8.89. The van der Waals surface area contributed by atoms with Crippen LogP contribution in [-0.4, -0.2) is 24.8 Å². The molecule has 0 atom stereocenters. The summed E-state index contributed by atoms with van der Waals surface area (Å²) >= 11 is 4.02. The molecule has 72 valence electrons. The highest BCUT2D eigenvalue weighted by Gasteiger charge is 2.16. The Labute approximate surface area is 85.1 Å². The number of hydrogen-bond donors (Lipinski definition) is 2. The van der Waals surface area contributed by atoms with Gasteiger partial charge in [-0.25, -0.2) is 4.79 Å². The van der Waals surface area contributed by atoms with E-state index < -0.39 is 5.97 Å². The van der Waals surface area contributed by atoms with Gasteiger partial charge in [0, 0.05) is 12.4 Å². The molecule has 1 N–H and O–H groups in total. The lowest BCUT2D eigenvalue weighted by Crippen LogP contribution is -2.04. The van der Waals surface area contributed by atoms with Crippen molar-refractivity contribution >= 4 is 18.8 Å². The Kier molecular flexibility index (Phi) is 2.05. The van der Waals surface area contributed by atoms with Gasteiger partial charge in [-0.15, -0.1) is 0 Å². The van der Waals surface area contributed by atoms with E-state index >= 15 is 0 Å². The van der Waals surface area contributed by atoms with Gasteiger partial charge < -0.3 is 9.67 Å². The van der Waals surface area contributed by atoms with Crippen LogP contribution in [0.5, 0.6) is 0 Å². The number of carboxylic acids is 1. The predicted octanol–water partition coefficient (Wildman–Crippen LogP) is 1.06. The number of hydrogen-bond acceptors (Lipinski definition) is 3. The first-order valence-electron chi connectivity index (χ1n) is 3.84. The molecule has 0 radical (unpaired) electrons. The number of thiol groups is 1. The Morgan fingerprint density at radius 1 is 1.43 bits per heavy atom. The Bertz CT molecular complexity index is 461. The zero-order valence-corrected chi connectivity index (χ0v) is 7.93. The summed E-state index contributed by atoms with van der Waals surface area (Å²) in [5.41, 5.74) is 0.121. The maximum atomic E-state index is 10.8. The number of carbonyl (C=O) groups is 1. The third-order valence-corrected chi connectivity index (χ3v) is 2.10. The van der Waals surface area contributed by atoms with Crippen LogP contribution in [0.4, 0.5) is 0 Å². The van der Waals surface area contributed by atoms with Gasteiger partial charge in [-0.1, -0.05) is 0 Å². The fraction of sp³-hybridized carbons (Fsp3) is 0. The van der Waals surface area contributed by atoms with Crippen molar-refractivity contribution in [3.63, 3.8) is 0 Å². The highest BCUT2D eigenvalue weighted by Crippen LogP contribution is 2.15. The molecule has 0 bridgehead atoms. The second-order valence-electron chi connectivity index (χ2n) is 2.67. The smallest absolute Gasteiger partial charge is 0.341 e. The van der Waals surface area contributed by atoms with E-state index in [-0.39, 0.29) is 5.56 Å². The van der Waals surface area contributed by atoms with E-state index in [1.807, 2.05) is 0 Å². The topological polar surface area (TPSA) is 60.0 Å². The molecule has 0 aliphatic rings. The van der Waals surface area contributed by atoms with Gasteiger partial charge in [-0.3, -0.25) is 0 Å². The fourth-order valence-corrected chi connectivity index (χ4v) is 1.46. The van der Waals surface area contributed by atoms with Crippen LogP contribution in [0.3, 0.4) is 0 Å². The van der Waals surface area contributed by atoms with Gasteiger partial charge in [0.1, 0.15) is 5.56 Å². The number of aromatic carboxylic acids is 1. The predicted molar refractivity (Wildman–Crippen MR) is 52.9 cm³/mol. The highest BCUT2D eigenvalue weighted by molar-refractivity contribution is 7.78. The molecule has 2 rings (SSSR count). The molecule has 0 amide bonds. The van der Waals surface area contributed by atoms with Crippen LogP contribution in [-0.2, 0) is 0 Å². The van der Waals surface area contributed by atoms with Crippen LogP contribution in [0.25, 0.3) is 5.82 Å². The normalized spacial score (nSPS) is 10.4. The Hall–Kier alpha value is -1.69.